The third-order valence-corrected chi connectivity index (χ3v) is 2.34. The highest BCUT2D eigenvalue weighted by Gasteiger charge is 2.29. The number of ether oxygens (including phenoxy) is 2. The molecule has 2 N–H and O–H groups in total. The van der Waals surface area contributed by atoms with Gasteiger partial charge in [-0.2, -0.15) is 13.2 Å². The Bertz CT molecular complexity index is 303. The Balaban J connectivity index is 4.32. The van der Waals surface area contributed by atoms with Crippen LogP contribution in [0, 0.1) is 0 Å². The Kier molecular flexibility index (Phi) is 8.65. The number of halogens is 3. The number of hydrogen-bond donors (Lipinski definition) is 2. The maximum absolute atomic E-state index is 12.3. The number of nitrogens with one attached hydrogen (secondary N) is 1. The standard InChI is InChI=1S/C13H24F3NO4/c1-12(2,3)21-11(19)17-10(4-6-13(14,15)16)5-8-20-9-7-18/h10,18H,4-9H2,1-3H3,(H,17,19). The minimum atomic E-state index is -4.28. The van der Waals surface area contributed by atoms with Crippen LogP contribution in [0.15, 0.2) is 0 Å². The summed E-state index contributed by atoms with van der Waals surface area (Å²) in [6.45, 7) is 5.11. The lowest BCUT2D eigenvalue weighted by Crippen LogP contribution is -2.40. The van der Waals surface area contributed by atoms with Gasteiger partial charge in [0.05, 0.1) is 13.2 Å². The highest BCUT2D eigenvalue weighted by molar-refractivity contribution is 5.68. The summed E-state index contributed by atoms with van der Waals surface area (Å²) in [6.07, 6.45) is -6.05. The van der Waals surface area contributed by atoms with Crippen molar-refractivity contribution in [3.05, 3.63) is 0 Å². The molecule has 0 aromatic rings. The van der Waals surface area contributed by atoms with Gasteiger partial charge in [0.15, 0.2) is 0 Å². The van der Waals surface area contributed by atoms with Gasteiger partial charge in [0.2, 0.25) is 0 Å². The van der Waals surface area contributed by atoms with E-state index in [1.54, 1.807) is 20.8 Å². The third-order valence-electron chi connectivity index (χ3n) is 2.34. The molecule has 21 heavy (non-hydrogen) atoms. The van der Waals surface area contributed by atoms with E-state index in [1.807, 2.05) is 0 Å². The molecule has 0 fully saturated rings. The number of carbonyl (C=O) groups excluding carboxylic acids is 1. The first-order valence-electron chi connectivity index (χ1n) is 6.78. The largest absolute Gasteiger partial charge is 0.444 e. The second-order valence-electron chi connectivity index (χ2n) is 5.62. The normalized spacial score (nSPS) is 13.9. The molecule has 0 heterocycles. The maximum Gasteiger partial charge on any atom is 0.407 e. The van der Waals surface area contributed by atoms with E-state index in [2.05, 4.69) is 5.32 Å². The van der Waals surface area contributed by atoms with Gasteiger partial charge < -0.3 is 19.9 Å². The van der Waals surface area contributed by atoms with Gasteiger partial charge in [-0.25, -0.2) is 4.79 Å². The quantitative estimate of drug-likeness (QED) is 0.676. The fourth-order valence-electron chi connectivity index (χ4n) is 1.49. The SMILES string of the molecule is CC(C)(C)OC(=O)NC(CCOCCO)CCC(F)(F)F. The molecule has 1 atom stereocenters. The molecule has 0 aliphatic rings. The molecule has 1 amide bonds. The van der Waals surface area contributed by atoms with Crippen molar-refractivity contribution in [2.24, 2.45) is 0 Å². The second kappa shape index (κ2) is 9.09. The minimum absolute atomic E-state index is 0.110. The summed E-state index contributed by atoms with van der Waals surface area (Å²) in [5.41, 5.74) is -0.716. The Morgan fingerprint density at radius 2 is 1.81 bits per heavy atom. The van der Waals surface area contributed by atoms with E-state index in [0.717, 1.165) is 0 Å². The Hall–Kier alpha value is -1.02. The van der Waals surface area contributed by atoms with Crippen LogP contribution in [0.25, 0.3) is 0 Å². The fraction of sp³-hybridized carbons (Fsp3) is 0.923. The summed E-state index contributed by atoms with van der Waals surface area (Å²) >= 11 is 0. The van der Waals surface area contributed by atoms with Gasteiger partial charge >= 0.3 is 12.3 Å². The van der Waals surface area contributed by atoms with Gasteiger partial charge in [-0.05, 0) is 33.6 Å². The summed E-state index contributed by atoms with van der Waals surface area (Å²) < 4.78 is 46.8. The molecule has 0 aliphatic carbocycles. The van der Waals surface area contributed by atoms with Crippen molar-refractivity contribution in [2.75, 3.05) is 19.8 Å². The summed E-state index contributed by atoms with van der Waals surface area (Å²) in [5.74, 6) is 0. The number of carbonyl (C=O) groups is 1. The molecule has 0 aliphatic heterocycles. The van der Waals surface area contributed by atoms with E-state index in [-0.39, 0.29) is 32.7 Å². The smallest absolute Gasteiger partial charge is 0.407 e. The van der Waals surface area contributed by atoms with E-state index >= 15 is 0 Å². The molecule has 1 unspecified atom stereocenters. The average molecular weight is 315 g/mol. The first-order chi connectivity index (χ1) is 9.53. The highest BCUT2D eigenvalue weighted by atomic mass is 19.4. The second-order valence-corrected chi connectivity index (χ2v) is 5.62. The summed E-state index contributed by atoms with van der Waals surface area (Å²) in [4.78, 5) is 11.6. The zero-order valence-corrected chi connectivity index (χ0v) is 12.6. The lowest BCUT2D eigenvalue weighted by molar-refractivity contribution is -0.136. The van der Waals surface area contributed by atoms with Crippen LogP contribution in [0.2, 0.25) is 0 Å². The molecular formula is C13H24F3NO4. The van der Waals surface area contributed by atoms with E-state index in [4.69, 9.17) is 14.6 Å². The molecule has 0 aromatic carbocycles. The Labute approximate surface area is 122 Å². The zero-order valence-electron chi connectivity index (χ0n) is 12.6. The van der Waals surface area contributed by atoms with E-state index < -0.39 is 30.3 Å². The molecule has 0 rings (SSSR count). The van der Waals surface area contributed by atoms with Crippen molar-refractivity contribution in [2.45, 2.75) is 57.9 Å². The van der Waals surface area contributed by atoms with Crippen LogP contribution in [0.3, 0.4) is 0 Å². The van der Waals surface area contributed by atoms with Crippen molar-refractivity contribution in [3.8, 4) is 0 Å². The van der Waals surface area contributed by atoms with Gasteiger partial charge in [0, 0.05) is 19.1 Å². The van der Waals surface area contributed by atoms with Crippen molar-refractivity contribution in [1.82, 2.24) is 5.32 Å². The molecule has 126 valence electrons. The third kappa shape index (κ3) is 13.7. The van der Waals surface area contributed by atoms with Crippen LogP contribution in [0.1, 0.15) is 40.0 Å². The van der Waals surface area contributed by atoms with Gasteiger partial charge in [0.25, 0.3) is 0 Å². The maximum atomic E-state index is 12.3. The van der Waals surface area contributed by atoms with Gasteiger partial charge in [-0.1, -0.05) is 0 Å². The minimum Gasteiger partial charge on any atom is -0.444 e. The van der Waals surface area contributed by atoms with E-state index in [0.29, 0.717) is 0 Å². The Morgan fingerprint density at radius 1 is 1.19 bits per heavy atom. The van der Waals surface area contributed by atoms with Crippen molar-refractivity contribution in [1.29, 1.82) is 0 Å². The van der Waals surface area contributed by atoms with Gasteiger partial charge in [-0.3, -0.25) is 0 Å². The molecule has 0 saturated heterocycles. The number of amides is 1. The number of aliphatic hydroxyl groups is 1. The van der Waals surface area contributed by atoms with Crippen LogP contribution in [0.5, 0.6) is 0 Å². The van der Waals surface area contributed by atoms with E-state index in [9.17, 15) is 18.0 Å². The Morgan fingerprint density at radius 3 is 2.29 bits per heavy atom. The van der Waals surface area contributed by atoms with E-state index in [1.165, 1.54) is 0 Å². The molecular weight excluding hydrogens is 291 g/mol. The average Bonchev–Trinajstić information content (AvgIpc) is 2.27. The lowest BCUT2D eigenvalue weighted by Gasteiger charge is -2.24. The molecule has 0 saturated carbocycles. The van der Waals surface area contributed by atoms with Crippen LogP contribution >= 0.6 is 0 Å². The number of alkyl halides is 3. The topological polar surface area (TPSA) is 67.8 Å². The van der Waals surface area contributed by atoms with Crippen LogP contribution in [-0.2, 0) is 9.47 Å². The molecule has 0 spiro atoms. The number of hydrogen-bond acceptors (Lipinski definition) is 4. The number of alkyl carbamates (subject to hydrolysis) is 1. The van der Waals surface area contributed by atoms with Crippen molar-refractivity contribution < 1.29 is 32.5 Å². The van der Waals surface area contributed by atoms with Gasteiger partial charge in [0.1, 0.15) is 5.60 Å². The monoisotopic (exact) mass is 315 g/mol. The van der Waals surface area contributed by atoms with Crippen LogP contribution in [-0.4, -0.2) is 48.8 Å². The molecule has 0 bridgehead atoms. The van der Waals surface area contributed by atoms with Crippen molar-refractivity contribution in [3.63, 3.8) is 0 Å². The first kappa shape index (κ1) is 20.0. The zero-order chi connectivity index (χ0) is 16.5. The number of aliphatic hydroxyl groups excluding tert-OH is 1. The molecule has 5 nitrogen and oxygen atoms in total. The van der Waals surface area contributed by atoms with Gasteiger partial charge in [-0.15, -0.1) is 0 Å². The summed E-state index contributed by atoms with van der Waals surface area (Å²) in [6, 6.07) is -0.694. The molecule has 0 aromatic heterocycles. The number of rotatable bonds is 8. The lowest BCUT2D eigenvalue weighted by atomic mass is 10.1. The molecule has 0 radical (unpaired) electrons. The highest BCUT2D eigenvalue weighted by Crippen LogP contribution is 2.23. The van der Waals surface area contributed by atoms with Crippen LogP contribution < -0.4 is 5.32 Å². The molecule has 8 heteroatoms. The first-order valence-corrected chi connectivity index (χ1v) is 6.78. The summed E-state index contributed by atoms with van der Waals surface area (Å²) in [5, 5.41) is 11.0. The van der Waals surface area contributed by atoms with Crippen molar-refractivity contribution >= 4 is 6.09 Å². The fourth-order valence-corrected chi connectivity index (χ4v) is 1.49. The predicted octanol–water partition coefficient (Wildman–Crippen LogP) is 2.62. The summed E-state index contributed by atoms with van der Waals surface area (Å²) in [7, 11) is 0. The van der Waals surface area contributed by atoms with Crippen LogP contribution in [0.4, 0.5) is 18.0 Å². The predicted molar refractivity (Wildman–Crippen MR) is 71.0 cm³/mol.